The van der Waals surface area contributed by atoms with Gasteiger partial charge in [0.25, 0.3) is 5.69 Å². The number of nitro benzene ring substituents is 1. The predicted octanol–water partition coefficient (Wildman–Crippen LogP) is 1.32. The Morgan fingerprint density at radius 2 is 2.00 bits per heavy atom. The maximum atomic E-state index is 11.7. The van der Waals surface area contributed by atoms with Crippen LogP contribution < -0.4 is 4.72 Å². The monoisotopic (exact) mass is 283 g/mol. The number of hydrogen-bond acceptors (Lipinski definition) is 5. The number of hydrogen-bond donors (Lipinski definition) is 1. The third-order valence-electron chi connectivity index (χ3n) is 2.51. The number of rotatable bonds is 6. The van der Waals surface area contributed by atoms with E-state index < -0.39 is 20.2 Å². The summed E-state index contributed by atoms with van der Waals surface area (Å²) in [6.45, 7) is 1.61. The number of nitro groups is 1. The summed E-state index contributed by atoms with van der Waals surface area (Å²) < 4.78 is 25.7. The van der Waals surface area contributed by atoms with Crippen molar-refractivity contribution < 1.29 is 13.3 Å². The highest BCUT2D eigenvalue weighted by Gasteiger charge is 2.22. The molecule has 19 heavy (non-hydrogen) atoms. The molecular weight excluding hydrogens is 270 g/mol. The summed E-state index contributed by atoms with van der Waals surface area (Å²) in [5.74, 6) is 0. The van der Waals surface area contributed by atoms with E-state index in [1.165, 1.54) is 24.3 Å². The van der Waals surface area contributed by atoms with Gasteiger partial charge in [0.05, 0.1) is 11.0 Å². The summed E-state index contributed by atoms with van der Waals surface area (Å²) in [5.41, 5.74) is 0.525. The van der Waals surface area contributed by atoms with Gasteiger partial charge in [0.1, 0.15) is 0 Å². The first-order chi connectivity index (χ1) is 8.90. The average molecular weight is 283 g/mol. The van der Waals surface area contributed by atoms with Gasteiger partial charge in [-0.25, -0.2) is 13.1 Å². The molecule has 0 aliphatic heterocycles. The zero-order valence-electron chi connectivity index (χ0n) is 10.2. The molecule has 0 radical (unpaired) electrons. The lowest BCUT2D eigenvalue weighted by molar-refractivity contribution is -0.384. The Balaban J connectivity index is 2.72. The van der Waals surface area contributed by atoms with Crippen LogP contribution in [-0.2, 0) is 16.6 Å². The Hall–Kier alpha value is -1.98. The van der Waals surface area contributed by atoms with Crippen LogP contribution in [0, 0.1) is 21.4 Å². The first-order valence-corrected chi connectivity index (χ1v) is 7.06. The molecule has 1 rings (SSSR count). The molecule has 0 fully saturated rings. The smallest absolute Gasteiger partial charge is 0.258 e. The molecule has 0 amide bonds. The van der Waals surface area contributed by atoms with Crippen molar-refractivity contribution in [1.29, 1.82) is 5.26 Å². The fourth-order valence-electron chi connectivity index (χ4n) is 1.40. The highest BCUT2D eigenvalue weighted by atomic mass is 32.2. The van der Waals surface area contributed by atoms with Crippen molar-refractivity contribution in [1.82, 2.24) is 4.72 Å². The van der Waals surface area contributed by atoms with Gasteiger partial charge in [-0.2, -0.15) is 5.26 Å². The van der Waals surface area contributed by atoms with Gasteiger partial charge in [-0.1, -0.05) is 19.1 Å². The van der Waals surface area contributed by atoms with Crippen LogP contribution in [0.4, 0.5) is 5.69 Å². The summed E-state index contributed by atoms with van der Waals surface area (Å²) >= 11 is 0. The number of non-ortho nitro benzene ring substituents is 1. The van der Waals surface area contributed by atoms with Gasteiger partial charge in [0.15, 0.2) is 5.25 Å². The molecule has 1 aromatic carbocycles. The highest BCUT2D eigenvalue weighted by Crippen LogP contribution is 2.12. The third kappa shape index (κ3) is 4.01. The van der Waals surface area contributed by atoms with Crippen molar-refractivity contribution in [2.75, 3.05) is 0 Å². The van der Waals surface area contributed by atoms with Crippen LogP contribution in [0.2, 0.25) is 0 Å². The van der Waals surface area contributed by atoms with Crippen LogP contribution in [0.15, 0.2) is 24.3 Å². The Morgan fingerprint density at radius 3 is 2.42 bits per heavy atom. The Bertz CT molecular complexity index is 589. The molecule has 1 aromatic rings. The van der Waals surface area contributed by atoms with E-state index in [-0.39, 0.29) is 18.7 Å². The van der Waals surface area contributed by atoms with Crippen LogP contribution >= 0.6 is 0 Å². The molecule has 0 saturated heterocycles. The van der Waals surface area contributed by atoms with Crippen molar-refractivity contribution in [3.63, 3.8) is 0 Å². The van der Waals surface area contributed by atoms with E-state index in [9.17, 15) is 18.5 Å². The molecule has 0 aliphatic rings. The summed E-state index contributed by atoms with van der Waals surface area (Å²) in [5, 5.41) is 18.1. The third-order valence-corrected chi connectivity index (χ3v) is 4.25. The van der Waals surface area contributed by atoms with Gasteiger partial charge in [-0.15, -0.1) is 0 Å². The van der Waals surface area contributed by atoms with Crippen molar-refractivity contribution in [3.05, 3.63) is 39.9 Å². The topological polar surface area (TPSA) is 113 Å². The number of nitriles is 1. The van der Waals surface area contributed by atoms with E-state index in [2.05, 4.69) is 4.72 Å². The first kappa shape index (κ1) is 15.1. The maximum Gasteiger partial charge on any atom is 0.269 e. The van der Waals surface area contributed by atoms with Crippen molar-refractivity contribution in [2.24, 2.45) is 0 Å². The van der Waals surface area contributed by atoms with Gasteiger partial charge in [0.2, 0.25) is 10.0 Å². The van der Waals surface area contributed by atoms with E-state index in [4.69, 9.17) is 5.26 Å². The molecule has 0 saturated carbocycles. The molecule has 0 bridgehead atoms. The molecular formula is C11H13N3O4S. The zero-order valence-corrected chi connectivity index (χ0v) is 11.1. The van der Waals surface area contributed by atoms with E-state index >= 15 is 0 Å². The molecule has 102 valence electrons. The van der Waals surface area contributed by atoms with Crippen LogP contribution in [0.1, 0.15) is 18.9 Å². The van der Waals surface area contributed by atoms with Gasteiger partial charge in [-0.3, -0.25) is 10.1 Å². The molecule has 0 heterocycles. The molecule has 0 spiro atoms. The molecule has 7 nitrogen and oxygen atoms in total. The quantitative estimate of drug-likeness (QED) is 0.624. The van der Waals surface area contributed by atoms with Gasteiger partial charge < -0.3 is 0 Å². The highest BCUT2D eigenvalue weighted by molar-refractivity contribution is 7.90. The lowest BCUT2D eigenvalue weighted by atomic mass is 10.2. The largest absolute Gasteiger partial charge is 0.269 e. The second-order valence-electron chi connectivity index (χ2n) is 3.82. The summed E-state index contributed by atoms with van der Waals surface area (Å²) in [6, 6.07) is 7.24. The Labute approximate surface area is 111 Å². The first-order valence-electron chi connectivity index (χ1n) is 5.52. The van der Waals surface area contributed by atoms with Crippen molar-refractivity contribution in [3.8, 4) is 6.07 Å². The van der Waals surface area contributed by atoms with Gasteiger partial charge >= 0.3 is 0 Å². The van der Waals surface area contributed by atoms with Crippen molar-refractivity contribution in [2.45, 2.75) is 25.1 Å². The van der Waals surface area contributed by atoms with E-state index in [1.807, 2.05) is 0 Å². The molecule has 1 atom stereocenters. The number of nitrogens with one attached hydrogen (secondary N) is 1. The molecule has 0 aliphatic carbocycles. The number of benzene rings is 1. The fraction of sp³-hybridized carbons (Fsp3) is 0.364. The maximum absolute atomic E-state index is 11.7. The summed E-state index contributed by atoms with van der Waals surface area (Å²) in [7, 11) is -3.69. The van der Waals surface area contributed by atoms with Crippen LogP contribution in [-0.4, -0.2) is 18.6 Å². The Morgan fingerprint density at radius 1 is 1.42 bits per heavy atom. The Kier molecular flexibility index (Phi) is 4.97. The minimum Gasteiger partial charge on any atom is -0.258 e. The van der Waals surface area contributed by atoms with Crippen LogP contribution in [0.25, 0.3) is 0 Å². The SMILES string of the molecule is CCC(C#N)S(=O)(=O)NCc1ccc([N+](=O)[O-])cc1. The molecule has 0 aromatic heterocycles. The second kappa shape index (κ2) is 6.26. The lowest BCUT2D eigenvalue weighted by Crippen LogP contribution is -2.32. The fourth-order valence-corrected chi connectivity index (χ4v) is 2.55. The summed E-state index contributed by atoms with van der Waals surface area (Å²) in [6.07, 6.45) is 0.200. The number of nitrogens with zero attached hydrogens (tertiary/aromatic N) is 2. The number of sulfonamides is 1. The van der Waals surface area contributed by atoms with Crippen LogP contribution in [0.3, 0.4) is 0 Å². The predicted molar refractivity (Wildman–Crippen MR) is 68.5 cm³/mol. The molecule has 1 unspecified atom stereocenters. The molecule has 8 heteroatoms. The second-order valence-corrected chi connectivity index (χ2v) is 5.76. The standard InChI is InChI=1S/C11H13N3O4S/c1-2-11(7-12)19(17,18)13-8-9-3-5-10(6-4-9)14(15)16/h3-6,11,13H,2,8H2,1H3. The van der Waals surface area contributed by atoms with Gasteiger partial charge in [0, 0.05) is 18.7 Å². The lowest BCUT2D eigenvalue weighted by Gasteiger charge is -2.09. The van der Waals surface area contributed by atoms with Gasteiger partial charge in [-0.05, 0) is 12.0 Å². The van der Waals surface area contributed by atoms with E-state index in [0.717, 1.165) is 0 Å². The average Bonchev–Trinajstić information content (AvgIpc) is 2.38. The van der Waals surface area contributed by atoms with E-state index in [1.54, 1.807) is 13.0 Å². The zero-order chi connectivity index (χ0) is 14.5. The molecule has 1 N–H and O–H groups in total. The van der Waals surface area contributed by atoms with Crippen molar-refractivity contribution >= 4 is 15.7 Å². The normalized spacial score (nSPS) is 12.6. The van der Waals surface area contributed by atoms with Crippen LogP contribution in [0.5, 0.6) is 0 Å². The summed E-state index contributed by atoms with van der Waals surface area (Å²) in [4.78, 5) is 9.92. The van der Waals surface area contributed by atoms with E-state index in [0.29, 0.717) is 5.56 Å². The minimum atomic E-state index is -3.69. The minimum absolute atomic E-state index is 0.00148.